The van der Waals surface area contributed by atoms with Crippen LogP contribution in [-0.2, 0) is 19.2 Å². The van der Waals surface area contributed by atoms with E-state index in [1.54, 1.807) is 9.80 Å². The van der Waals surface area contributed by atoms with Crippen molar-refractivity contribution in [2.24, 2.45) is 0 Å². The van der Waals surface area contributed by atoms with Gasteiger partial charge in [0, 0.05) is 59.3 Å². The lowest BCUT2D eigenvalue weighted by atomic mass is 10.2. The summed E-state index contributed by atoms with van der Waals surface area (Å²) in [4.78, 5) is 52.4. The quantitative estimate of drug-likeness (QED) is 0.413. The molecule has 2 aliphatic rings. The third-order valence-electron chi connectivity index (χ3n) is 3.95. The summed E-state index contributed by atoms with van der Waals surface area (Å²) in [5, 5.41) is 0. The normalized spacial score (nSPS) is 19.5. The number of hydrogen-bond acceptors (Lipinski definition) is 4. The highest BCUT2D eigenvalue weighted by molar-refractivity contribution is 6.34. The predicted molar refractivity (Wildman–Crippen MR) is 73.1 cm³/mol. The fourth-order valence-corrected chi connectivity index (χ4v) is 2.53. The van der Waals surface area contributed by atoms with E-state index in [2.05, 4.69) is 0 Å². The van der Waals surface area contributed by atoms with E-state index in [4.69, 9.17) is 0 Å². The fourth-order valence-electron chi connectivity index (χ4n) is 2.53. The van der Waals surface area contributed by atoms with Crippen LogP contribution in [0.15, 0.2) is 0 Å². The highest BCUT2D eigenvalue weighted by Crippen LogP contribution is 2.06. The zero-order chi connectivity index (χ0) is 15.4. The lowest BCUT2D eigenvalue weighted by Gasteiger charge is -2.36. The van der Waals surface area contributed by atoms with Crippen LogP contribution in [0, 0.1) is 0 Å². The summed E-state index contributed by atoms with van der Waals surface area (Å²) < 4.78 is 0. The van der Waals surface area contributed by atoms with Gasteiger partial charge in [-0.3, -0.25) is 19.2 Å². The second-order valence-corrected chi connectivity index (χ2v) is 5.23. The Morgan fingerprint density at radius 3 is 1.48 bits per heavy atom. The molecule has 2 fully saturated rings. The summed E-state index contributed by atoms with van der Waals surface area (Å²) in [7, 11) is 0. The maximum Gasteiger partial charge on any atom is 0.312 e. The molecule has 0 aliphatic carbocycles. The number of amides is 4. The van der Waals surface area contributed by atoms with Crippen LogP contribution in [0.5, 0.6) is 0 Å². The largest absolute Gasteiger partial charge is 0.342 e. The number of rotatable bonds is 1. The van der Waals surface area contributed by atoms with Crippen molar-refractivity contribution in [2.45, 2.75) is 6.92 Å². The standard InChI is InChI=1S/C13H20N4O4/c1-11(19)15-6-8-17(9-7-15)13(21)12(20)16-4-2-14(10-18)3-5-16/h10H,2-9H2,1H3. The molecule has 0 saturated carbocycles. The van der Waals surface area contributed by atoms with Crippen molar-refractivity contribution >= 4 is 24.1 Å². The molecule has 0 unspecified atom stereocenters. The Balaban J connectivity index is 1.85. The molecule has 8 heteroatoms. The zero-order valence-electron chi connectivity index (χ0n) is 12.2. The summed E-state index contributed by atoms with van der Waals surface area (Å²) in [6.07, 6.45) is 0.755. The smallest absolute Gasteiger partial charge is 0.312 e. The van der Waals surface area contributed by atoms with Gasteiger partial charge in [0.2, 0.25) is 12.3 Å². The maximum absolute atomic E-state index is 12.2. The Labute approximate surface area is 123 Å². The molecule has 8 nitrogen and oxygen atoms in total. The molecular weight excluding hydrogens is 276 g/mol. The molecule has 0 aromatic carbocycles. The zero-order valence-corrected chi connectivity index (χ0v) is 12.2. The number of hydrogen-bond donors (Lipinski definition) is 0. The molecule has 2 heterocycles. The molecule has 0 aromatic heterocycles. The Kier molecular flexibility index (Phi) is 4.77. The van der Waals surface area contributed by atoms with Crippen molar-refractivity contribution in [3.05, 3.63) is 0 Å². The average Bonchev–Trinajstić information content (AvgIpc) is 2.53. The molecular formula is C13H20N4O4. The highest BCUT2D eigenvalue weighted by atomic mass is 16.2. The monoisotopic (exact) mass is 296 g/mol. The Hall–Kier alpha value is -2.12. The summed E-state index contributed by atoms with van der Waals surface area (Å²) in [6.45, 7) is 4.89. The molecule has 4 amide bonds. The van der Waals surface area contributed by atoms with E-state index < -0.39 is 11.8 Å². The number of carbonyl (C=O) groups excluding carboxylic acids is 4. The minimum absolute atomic E-state index is 0.0154. The van der Waals surface area contributed by atoms with Gasteiger partial charge in [-0.25, -0.2) is 0 Å². The minimum Gasteiger partial charge on any atom is -0.342 e. The van der Waals surface area contributed by atoms with E-state index in [1.807, 2.05) is 0 Å². The first-order valence-electron chi connectivity index (χ1n) is 7.06. The lowest BCUT2D eigenvalue weighted by molar-refractivity contribution is -0.154. The predicted octanol–water partition coefficient (Wildman–Crippen LogP) is -2.02. The topological polar surface area (TPSA) is 81.2 Å². The number of carbonyl (C=O) groups is 4. The van der Waals surface area contributed by atoms with Crippen LogP contribution in [0.4, 0.5) is 0 Å². The van der Waals surface area contributed by atoms with Crippen molar-refractivity contribution in [2.75, 3.05) is 52.4 Å². The van der Waals surface area contributed by atoms with E-state index in [-0.39, 0.29) is 5.91 Å². The van der Waals surface area contributed by atoms with E-state index in [0.717, 1.165) is 6.41 Å². The van der Waals surface area contributed by atoms with Crippen LogP contribution < -0.4 is 0 Å². The average molecular weight is 296 g/mol. The minimum atomic E-state index is -0.517. The van der Waals surface area contributed by atoms with Gasteiger partial charge in [-0.05, 0) is 0 Å². The third kappa shape index (κ3) is 3.50. The first-order chi connectivity index (χ1) is 10.0. The molecule has 0 bridgehead atoms. The van der Waals surface area contributed by atoms with E-state index in [1.165, 1.54) is 16.7 Å². The van der Waals surface area contributed by atoms with Crippen LogP contribution in [0.3, 0.4) is 0 Å². The second-order valence-electron chi connectivity index (χ2n) is 5.23. The molecule has 0 radical (unpaired) electrons. The Morgan fingerprint density at radius 2 is 1.10 bits per heavy atom. The number of nitrogens with zero attached hydrogens (tertiary/aromatic N) is 4. The van der Waals surface area contributed by atoms with Crippen molar-refractivity contribution in [3.63, 3.8) is 0 Å². The fraction of sp³-hybridized carbons (Fsp3) is 0.692. The molecule has 0 spiro atoms. The van der Waals surface area contributed by atoms with Gasteiger partial charge in [0.15, 0.2) is 0 Å². The van der Waals surface area contributed by atoms with Gasteiger partial charge in [0.25, 0.3) is 0 Å². The van der Waals surface area contributed by atoms with E-state index in [9.17, 15) is 19.2 Å². The van der Waals surface area contributed by atoms with Crippen molar-refractivity contribution < 1.29 is 19.2 Å². The summed E-state index contributed by atoms with van der Waals surface area (Å²) in [6, 6.07) is 0. The summed E-state index contributed by atoms with van der Waals surface area (Å²) in [5.41, 5.74) is 0. The van der Waals surface area contributed by atoms with Gasteiger partial charge in [0.1, 0.15) is 0 Å². The van der Waals surface area contributed by atoms with Gasteiger partial charge in [-0.2, -0.15) is 0 Å². The summed E-state index contributed by atoms with van der Waals surface area (Å²) in [5.74, 6) is -1.05. The Bertz CT molecular complexity index is 437. The first kappa shape index (κ1) is 15.3. The van der Waals surface area contributed by atoms with Crippen LogP contribution in [0.25, 0.3) is 0 Å². The summed E-state index contributed by atoms with van der Waals surface area (Å²) >= 11 is 0. The van der Waals surface area contributed by atoms with Crippen molar-refractivity contribution in [1.82, 2.24) is 19.6 Å². The van der Waals surface area contributed by atoms with Crippen molar-refractivity contribution in [1.29, 1.82) is 0 Å². The van der Waals surface area contributed by atoms with Crippen molar-refractivity contribution in [3.8, 4) is 0 Å². The van der Waals surface area contributed by atoms with Gasteiger partial charge >= 0.3 is 11.8 Å². The van der Waals surface area contributed by atoms with Gasteiger partial charge in [-0.15, -0.1) is 0 Å². The number of piperazine rings is 2. The molecule has 0 N–H and O–H groups in total. The van der Waals surface area contributed by atoms with Crippen LogP contribution in [0.1, 0.15) is 6.92 Å². The third-order valence-corrected chi connectivity index (χ3v) is 3.95. The molecule has 2 saturated heterocycles. The van der Waals surface area contributed by atoms with E-state index >= 15 is 0 Å². The maximum atomic E-state index is 12.2. The van der Waals surface area contributed by atoms with Crippen LogP contribution in [-0.4, -0.2) is 96.1 Å². The second kappa shape index (κ2) is 6.55. The van der Waals surface area contributed by atoms with Crippen LogP contribution in [0.2, 0.25) is 0 Å². The molecule has 2 rings (SSSR count). The van der Waals surface area contributed by atoms with E-state index in [0.29, 0.717) is 52.4 Å². The van der Waals surface area contributed by atoms with Crippen LogP contribution >= 0.6 is 0 Å². The molecule has 0 atom stereocenters. The molecule has 116 valence electrons. The highest BCUT2D eigenvalue weighted by Gasteiger charge is 2.31. The SMILES string of the molecule is CC(=O)N1CCN(C(=O)C(=O)N2CCN(C=O)CC2)CC1. The van der Waals surface area contributed by atoms with Gasteiger partial charge < -0.3 is 19.6 Å². The Morgan fingerprint density at radius 1 is 0.714 bits per heavy atom. The molecule has 21 heavy (non-hydrogen) atoms. The van der Waals surface area contributed by atoms with Gasteiger partial charge in [-0.1, -0.05) is 0 Å². The molecule has 2 aliphatic heterocycles. The molecule has 0 aromatic rings. The lowest BCUT2D eigenvalue weighted by Crippen LogP contribution is -2.56. The first-order valence-corrected chi connectivity index (χ1v) is 7.06. The van der Waals surface area contributed by atoms with Gasteiger partial charge in [0.05, 0.1) is 0 Å².